The zero-order valence-electron chi connectivity index (χ0n) is 9.05. The molecule has 16 heavy (non-hydrogen) atoms. The molecule has 88 valence electrons. The zero-order valence-corrected chi connectivity index (χ0v) is 9.05. The van der Waals surface area contributed by atoms with Crippen molar-refractivity contribution in [2.75, 3.05) is 0 Å². The molecular formula is C12H13F3O. The molecular weight excluding hydrogens is 217 g/mol. The van der Waals surface area contributed by atoms with Crippen molar-refractivity contribution >= 4 is 0 Å². The molecule has 1 rings (SSSR count). The maximum atomic E-state index is 12.1. The van der Waals surface area contributed by atoms with Crippen molar-refractivity contribution in [2.45, 2.75) is 20.0 Å². The van der Waals surface area contributed by atoms with Crippen molar-refractivity contribution < 1.29 is 18.3 Å². The van der Waals surface area contributed by atoms with Crippen molar-refractivity contribution in [3.05, 3.63) is 47.8 Å². The third-order valence-corrected chi connectivity index (χ3v) is 2.11. The number of halogens is 3. The molecule has 0 amide bonds. The maximum Gasteiger partial charge on any atom is 0.448 e. The molecule has 0 radical (unpaired) electrons. The van der Waals surface area contributed by atoms with Gasteiger partial charge in [0.2, 0.25) is 0 Å². The molecule has 1 nitrogen and oxygen atoms in total. The largest absolute Gasteiger partial charge is 0.504 e. The van der Waals surface area contributed by atoms with Gasteiger partial charge in [-0.1, -0.05) is 44.2 Å². The molecule has 0 aromatic carbocycles. The normalized spacial score (nSPS) is 20.6. The molecule has 0 aromatic rings. The number of hydrogen-bond acceptors (Lipinski definition) is 1. The lowest BCUT2D eigenvalue weighted by atomic mass is 9.93. The predicted octanol–water partition coefficient (Wildman–Crippen LogP) is 4.07. The highest BCUT2D eigenvalue weighted by atomic mass is 19.4. The molecule has 0 aromatic heterocycles. The summed E-state index contributed by atoms with van der Waals surface area (Å²) in [6, 6.07) is 0. The Bertz CT molecular complexity index is 382. The van der Waals surface area contributed by atoms with Gasteiger partial charge in [0, 0.05) is 5.41 Å². The van der Waals surface area contributed by atoms with E-state index in [1.165, 1.54) is 6.08 Å². The predicted molar refractivity (Wildman–Crippen MR) is 56.9 cm³/mol. The monoisotopic (exact) mass is 230 g/mol. The molecule has 1 aliphatic carbocycles. The van der Waals surface area contributed by atoms with E-state index in [1.807, 2.05) is 19.9 Å². The Morgan fingerprint density at radius 3 is 2.50 bits per heavy atom. The number of hydrogen-bond donors (Lipinski definition) is 1. The van der Waals surface area contributed by atoms with Crippen LogP contribution in [0, 0.1) is 5.41 Å². The molecule has 0 fully saturated rings. The van der Waals surface area contributed by atoms with Crippen LogP contribution in [-0.2, 0) is 0 Å². The fourth-order valence-corrected chi connectivity index (χ4v) is 1.17. The molecule has 0 aliphatic heterocycles. The van der Waals surface area contributed by atoms with Gasteiger partial charge in [0.05, 0.1) is 0 Å². The number of rotatable bonds is 1. The fourth-order valence-electron chi connectivity index (χ4n) is 1.17. The third kappa shape index (κ3) is 3.61. The topological polar surface area (TPSA) is 20.2 Å². The first-order valence-electron chi connectivity index (χ1n) is 4.77. The van der Waals surface area contributed by atoms with Gasteiger partial charge >= 0.3 is 6.18 Å². The van der Waals surface area contributed by atoms with E-state index in [2.05, 4.69) is 0 Å². The summed E-state index contributed by atoms with van der Waals surface area (Å²) in [4.78, 5) is 0. The summed E-state index contributed by atoms with van der Waals surface area (Å²) < 4.78 is 36.2. The van der Waals surface area contributed by atoms with Crippen molar-refractivity contribution in [1.82, 2.24) is 0 Å². The van der Waals surface area contributed by atoms with E-state index in [0.717, 1.165) is 0 Å². The number of aliphatic hydroxyl groups excluding tert-OH is 1. The molecule has 0 saturated heterocycles. The van der Waals surface area contributed by atoms with Gasteiger partial charge in [-0.2, -0.15) is 13.2 Å². The molecule has 4 heteroatoms. The van der Waals surface area contributed by atoms with Crippen LogP contribution in [0.25, 0.3) is 0 Å². The van der Waals surface area contributed by atoms with E-state index in [4.69, 9.17) is 5.11 Å². The summed E-state index contributed by atoms with van der Waals surface area (Å²) in [5.41, 5.74) is 0.122. The SMILES string of the molecule is CC1(C)C=CC=C(/C=C(\O)C(F)(F)F)C=C1. The minimum absolute atomic E-state index is 0.195. The molecule has 1 N–H and O–H groups in total. The van der Waals surface area contributed by atoms with Crippen LogP contribution in [0.5, 0.6) is 0 Å². The molecule has 0 bridgehead atoms. The second-order valence-electron chi connectivity index (χ2n) is 4.21. The Kier molecular flexibility index (Phi) is 3.31. The maximum absolute atomic E-state index is 12.1. The number of allylic oxidation sites excluding steroid dienone is 8. The first-order valence-corrected chi connectivity index (χ1v) is 4.77. The standard InChI is InChI=1S/C12H13F3O/c1-11(2)6-3-4-9(5-7-11)8-10(16)12(13,14)15/h3-8,16H,1-2H3/b10-8-. The molecule has 1 aliphatic rings. The molecule has 0 unspecified atom stereocenters. The average molecular weight is 230 g/mol. The highest BCUT2D eigenvalue weighted by Crippen LogP contribution is 2.27. The number of alkyl halides is 3. The van der Waals surface area contributed by atoms with E-state index in [1.54, 1.807) is 18.2 Å². The Morgan fingerprint density at radius 1 is 1.31 bits per heavy atom. The second kappa shape index (κ2) is 4.20. The van der Waals surface area contributed by atoms with Gasteiger partial charge in [0.1, 0.15) is 0 Å². The van der Waals surface area contributed by atoms with Gasteiger partial charge < -0.3 is 5.11 Å². The minimum Gasteiger partial charge on any atom is -0.504 e. The average Bonchev–Trinajstić information content (AvgIpc) is 2.26. The molecule has 0 spiro atoms. The van der Waals surface area contributed by atoms with Gasteiger partial charge in [-0.05, 0) is 11.6 Å². The van der Waals surface area contributed by atoms with E-state index in [0.29, 0.717) is 11.6 Å². The quantitative estimate of drug-likeness (QED) is 0.673. The summed E-state index contributed by atoms with van der Waals surface area (Å²) in [6.07, 6.45) is 4.42. The van der Waals surface area contributed by atoms with Crippen molar-refractivity contribution in [1.29, 1.82) is 0 Å². The van der Waals surface area contributed by atoms with Crippen molar-refractivity contribution in [2.24, 2.45) is 5.41 Å². The van der Waals surface area contributed by atoms with Gasteiger partial charge in [-0.15, -0.1) is 0 Å². The highest BCUT2D eigenvalue weighted by molar-refractivity contribution is 5.39. The molecule has 0 saturated carbocycles. The van der Waals surface area contributed by atoms with Gasteiger partial charge in [0.25, 0.3) is 0 Å². The van der Waals surface area contributed by atoms with Gasteiger partial charge in [-0.25, -0.2) is 0 Å². The Hall–Kier alpha value is -1.45. The van der Waals surface area contributed by atoms with Crippen LogP contribution < -0.4 is 0 Å². The summed E-state index contributed by atoms with van der Waals surface area (Å²) in [5, 5.41) is 8.80. The smallest absolute Gasteiger partial charge is 0.448 e. The lowest BCUT2D eigenvalue weighted by molar-refractivity contribution is -0.120. The summed E-state index contributed by atoms with van der Waals surface area (Å²) in [5.74, 6) is -1.59. The zero-order chi connectivity index (χ0) is 12.4. The van der Waals surface area contributed by atoms with Crippen LogP contribution in [0.1, 0.15) is 13.8 Å². The summed E-state index contributed by atoms with van der Waals surface area (Å²) in [7, 11) is 0. The number of aliphatic hydroxyl groups is 1. The van der Waals surface area contributed by atoms with E-state index in [9.17, 15) is 13.2 Å². The fraction of sp³-hybridized carbons (Fsp3) is 0.333. The van der Waals surface area contributed by atoms with Crippen LogP contribution in [0.4, 0.5) is 13.2 Å². The molecule has 0 heterocycles. The van der Waals surface area contributed by atoms with Crippen LogP contribution in [-0.4, -0.2) is 11.3 Å². The second-order valence-corrected chi connectivity index (χ2v) is 4.21. The van der Waals surface area contributed by atoms with E-state index >= 15 is 0 Å². The molecule has 0 atom stereocenters. The van der Waals surface area contributed by atoms with E-state index in [-0.39, 0.29) is 5.41 Å². The van der Waals surface area contributed by atoms with E-state index < -0.39 is 11.9 Å². The van der Waals surface area contributed by atoms with Crippen molar-refractivity contribution in [3.8, 4) is 0 Å². The Labute approximate surface area is 92.3 Å². The van der Waals surface area contributed by atoms with Gasteiger partial charge in [0.15, 0.2) is 5.76 Å². The first kappa shape index (κ1) is 12.6. The minimum atomic E-state index is -4.69. The van der Waals surface area contributed by atoms with Crippen molar-refractivity contribution in [3.63, 3.8) is 0 Å². The van der Waals surface area contributed by atoms with Crippen LogP contribution >= 0.6 is 0 Å². The summed E-state index contributed by atoms with van der Waals surface area (Å²) >= 11 is 0. The first-order chi connectivity index (χ1) is 7.21. The van der Waals surface area contributed by atoms with Crippen LogP contribution in [0.3, 0.4) is 0 Å². The van der Waals surface area contributed by atoms with Gasteiger partial charge in [-0.3, -0.25) is 0 Å². The third-order valence-electron chi connectivity index (χ3n) is 2.11. The van der Waals surface area contributed by atoms with Crippen LogP contribution in [0.15, 0.2) is 47.8 Å². The van der Waals surface area contributed by atoms with Crippen LogP contribution in [0.2, 0.25) is 0 Å². The Morgan fingerprint density at radius 2 is 1.94 bits per heavy atom. The highest BCUT2D eigenvalue weighted by Gasteiger charge is 2.33. The lowest BCUT2D eigenvalue weighted by Gasteiger charge is -2.12. The lowest BCUT2D eigenvalue weighted by Crippen LogP contribution is -2.11. The summed E-state index contributed by atoms with van der Waals surface area (Å²) in [6.45, 7) is 3.87. The Balaban J connectivity index is 2.94.